The molecule has 0 aliphatic rings. The lowest BCUT2D eigenvalue weighted by Crippen LogP contribution is -2.15. The molecular weight excluding hydrogens is 232 g/mol. The van der Waals surface area contributed by atoms with Crippen LogP contribution in [0.1, 0.15) is 15.9 Å². The molecule has 0 atom stereocenters. The van der Waals surface area contributed by atoms with Gasteiger partial charge in [0.2, 0.25) is 0 Å². The molecule has 0 unspecified atom stereocenters. The van der Waals surface area contributed by atoms with Crippen molar-refractivity contribution >= 4 is 17.4 Å². The standard InChI is InChI=1S/C12H14N4O2/c1-7-3-4-8(5-10(7)17)12(18)15-11-9(13)6-14-16(11)2/h3-6,17H,13H2,1-2H3,(H,15,18). The van der Waals surface area contributed by atoms with Crippen molar-refractivity contribution in [2.75, 3.05) is 11.1 Å². The second-order valence-corrected chi connectivity index (χ2v) is 4.03. The number of benzene rings is 1. The highest BCUT2D eigenvalue weighted by molar-refractivity contribution is 6.05. The molecule has 1 aromatic carbocycles. The second-order valence-electron chi connectivity index (χ2n) is 4.03. The lowest BCUT2D eigenvalue weighted by Gasteiger charge is -2.07. The molecule has 1 aromatic heterocycles. The Morgan fingerprint density at radius 1 is 1.50 bits per heavy atom. The van der Waals surface area contributed by atoms with Gasteiger partial charge in [0, 0.05) is 12.6 Å². The van der Waals surface area contributed by atoms with E-state index >= 15 is 0 Å². The largest absolute Gasteiger partial charge is 0.508 e. The molecule has 6 heteroatoms. The van der Waals surface area contributed by atoms with Crippen LogP contribution < -0.4 is 11.1 Å². The summed E-state index contributed by atoms with van der Waals surface area (Å²) in [5.41, 5.74) is 7.14. The SMILES string of the molecule is Cc1ccc(C(=O)Nc2c(N)cnn2C)cc1O. The van der Waals surface area contributed by atoms with Crippen molar-refractivity contribution in [1.82, 2.24) is 9.78 Å². The molecule has 2 aromatic rings. The minimum absolute atomic E-state index is 0.0839. The van der Waals surface area contributed by atoms with Crippen LogP contribution in [0.15, 0.2) is 24.4 Å². The predicted molar refractivity (Wildman–Crippen MR) is 68.4 cm³/mol. The van der Waals surface area contributed by atoms with Crippen LogP contribution in [-0.4, -0.2) is 20.8 Å². The highest BCUT2D eigenvalue weighted by Gasteiger charge is 2.12. The normalized spacial score (nSPS) is 10.3. The van der Waals surface area contributed by atoms with Gasteiger partial charge in [0.05, 0.1) is 11.9 Å². The van der Waals surface area contributed by atoms with Gasteiger partial charge in [-0.25, -0.2) is 0 Å². The molecular formula is C12H14N4O2. The van der Waals surface area contributed by atoms with Gasteiger partial charge in [-0.1, -0.05) is 6.07 Å². The Bertz CT molecular complexity index is 585. The Balaban J connectivity index is 2.25. The molecule has 18 heavy (non-hydrogen) atoms. The van der Waals surface area contributed by atoms with Gasteiger partial charge in [-0.05, 0) is 24.6 Å². The Labute approximate surface area is 104 Å². The smallest absolute Gasteiger partial charge is 0.257 e. The number of aromatic nitrogens is 2. The maximum absolute atomic E-state index is 12.0. The number of phenolic OH excluding ortho intramolecular Hbond substituents is 1. The Morgan fingerprint density at radius 2 is 2.22 bits per heavy atom. The Kier molecular flexibility index (Phi) is 2.93. The van der Waals surface area contributed by atoms with Crippen molar-refractivity contribution in [3.05, 3.63) is 35.5 Å². The molecule has 1 amide bonds. The van der Waals surface area contributed by atoms with Crippen molar-refractivity contribution in [3.63, 3.8) is 0 Å². The summed E-state index contributed by atoms with van der Waals surface area (Å²) in [5, 5.41) is 16.1. The maximum atomic E-state index is 12.0. The van der Waals surface area contributed by atoms with Crippen molar-refractivity contribution < 1.29 is 9.90 Å². The molecule has 0 aliphatic carbocycles. The van der Waals surface area contributed by atoms with E-state index in [2.05, 4.69) is 10.4 Å². The summed E-state index contributed by atoms with van der Waals surface area (Å²) in [6.07, 6.45) is 1.46. The van der Waals surface area contributed by atoms with E-state index in [1.165, 1.54) is 16.9 Å². The van der Waals surface area contributed by atoms with Crippen molar-refractivity contribution in [2.24, 2.45) is 7.05 Å². The third-order valence-electron chi connectivity index (χ3n) is 2.67. The van der Waals surface area contributed by atoms with E-state index in [0.717, 1.165) is 0 Å². The molecule has 1 heterocycles. The van der Waals surface area contributed by atoms with E-state index < -0.39 is 0 Å². The van der Waals surface area contributed by atoms with Gasteiger partial charge in [0.25, 0.3) is 5.91 Å². The minimum atomic E-state index is -0.347. The number of nitrogens with two attached hydrogens (primary N) is 1. The molecule has 0 saturated heterocycles. The van der Waals surface area contributed by atoms with Crippen LogP contribution >= 0.6 is 0 Å². The van der Waals surface area contributed by atoms with Gasteiger partial charge < -0.3 is 16.2 Å². The van der Waals surface area contributed by atoms with Crippen LogP contribution in [0.25, 0.3) is 0 Å². The Morgan fingerprint density at radius 3 is 2.78 bits per heavy atom. The first kappa shape index (κ1) is 12.0. The molecule has 0 aliphatic heterocycles. The monoisotopic (exact) mass is 246 g/mol. The maximum Gasteiger partial charge on any atom is 0.257 e. The quantitative estimate of drug-likeness (QED) is 0.743. The highest BCUT2D eigenvalue weighted by atomic mass is 16.3. The van der Waals surface area contributed by atoms with E-state index in [0.29, 0.717) is 22.6 Å². The molecule has 4 N–H and O–H groups in total. The van der Waals surface area contributed by atoms with E-state index in [9.17, 15) is 9.90 Å². The molecule has 0 spiro atoms. The molecule has 0 saturated carbocycles. The van der Waals surface area contributed by atoms with E-state index in [-0.39, 0.29) is 11.7 Å². The predicted octanol–water partition coefficient (Wildman–Crippen LogP) is 1.27. The summed E-state index contributed by atoms with van der Waals surface area (Å²) in [6.45, 7) is 1.76. The van der Waals surface area contributed by atoms with Gasteiger partial charge in [0.1, 0.15) is 5.75 Å². The van der Waals surface area contributed by atoms with Gasteiger partial charge in [-0.3, -0.25) is 9.48 Å². The van der Waals surface area contributed by atoms with Crippen LogP contribution in [0, 0.1) is 6.92 Å². The van der Waals surface area contributed by atoms with Crippen LogP contribution in [0.4, 0.5) is 11.5 Å². The average molecular weight is 246 g/mol. The van der Waals surface area contributed by atoms with E-state index in [1.807, 2.05) is 0 Å². The molecule has 0 radical (unpaired) electrons. The Hall–Kier alpha value is -2.50. The summed E-state index contributed by atoms with van der Waals surface area (Å²) in [5.74, 6) is 0.168. The fourth-order valence-electron chi connectivity index (χ4n) is 1.54. The lowest BCUT2D eigenvalue weighted by atomic mass is 10.1. The molecule has 0 bridgehead atoms. The topological polar surface area (TPSA) is 93.2 Å². The number of hydrogen-bond acceptors (Lipinski definition) is 4. The number of carbonyl (C=O) groups excluding carboxylic acids is 1. The van der Waals surface area contributed by atoms with E-state index in [4.69, 9.17) is 5.73 Å². The molecule has 0 fully saturated rings. The average Bonchev–Trinajstić information content (AvgIpc) is 2.64. The number of rotatable bonds is 2. The van der Waals surface area contributed by atoms with Crippen LogP contribution in [0.3, 0.4) is 0 Å². The number of nitrogens with zero attached hydrogens (tertiary/aromatic N) is 2. The molecule has 2 rings (SSSR count). The summed E-state index contributed by atoms with van der Waals surface area (Å²) < 4.78 is 1.47. The van der Waals surface area contributed by atoms with Gasteiger partial charge in [-0.2, -0.15) is 5.10 Å². The third-order valence-corrected chi connectivity index (χ3v) is 2.67. The molecule has 94 valence electrons. The van der Waals surface area contributed by atoms with Gasteiger partial charge >= 0.3 is 0 Å². The third kappa shape index (κ3) is 2.13. The van der Waals surface area contributed by atoms with Crippen LogP contribution in [0.5, 0.6) is 5.75 Å². The van der Waals surface area contributed by atoms with E-state index in [1.54, 1.807) is 26.1 Å². The van der Waals surface area contributed by atoms with Crippen molar-refractivity contribution in [2.45, 2.75) is 6.92 Å². The lowest BCUT2D eigenvalue weighted by molar-refractivity contribution is 0.102. The zero-order valence-corrected chi connectivity index (χ0v) is 10.1. The summed E-state index contributed by atoms with van der Waals surface area (Å²) in [4.78, 5) is 12.0. The number of aryl methyl sites for hydroxylation is 2. The molecule has 6 nitrogen and oxygen atoms in total. The zero-order chi connectivity index (χ0) is 13.3. The number of hydrogen-bond donors (Lipinski definition) is 3. The minimum Gasteiger partial charge on any atom is -0.508 e. The summed E-state index contributed by atoms with van der Waals surface area (Å²) in [6, 6.07) is 4.73. The first-order valence-electron chi connectivity index (χ1n) is 5.37. The van der Waals surface area contributed by atoms with Gasteiger partial charge in [0.15, 0.2) is 5.82 Å². The first-order chi connectivity index (χ1) is 8.49. The number of amides is 1. The highest BCUT2D eigenvalue weighted by Crippen LogP contribution is 2.20. The fourth-order valence-corrected chi connectivity index (χ4v) is 1.54. The van der Waals surface area contributed by atoms with Crippen LogP contribution in [-0.2, 0) is 7.05 Å². The number of carbonyl (C=O) groups is 1. The number of aromatic hydroxyl groups is 1. The number of nitrogens with one attached hydrogen (secondary N) is 1. The summed E-state index contributed by atoms with van der Waals surface area (Å²) in [7, 11) is 1.68. The zero-order valence-electron chi connectivity index (χ0n) is 10.1. The first-order valence-corrected chi connectivity index (χ1v) is 5.37. The fraction of sp³-hybridized carbons (Fsp3) is 0.167. The van der Waals surface area contributed by atoms with Crippen molar-refractivity contribution in [1.29, 1.82) is 0 Å². The van der Waals surface area contributed by atoms with Crippen molar-refractivity contribution in [3.8, 4) is 5.75 Å². The second kappa shape index (κ2) is 4.40. The van der Waals surface area contributed by atoms with Crippen LogP contribution in [0.2, 0.25) is 0 Å². The number of nitrogen functional groups attached to an aromatic ring is 1. The van der Waals surface area contributed by atoms with Gasteiger partial charge in [-0.15, -0.1) is 0 Å². The summed E-state index contributed by atoms with van der Waals surface area (Å²) >= 11 is 0. The number of anilines is 2. The number of phenols is 1.